The average molecular weight is 382 g/mol. The number of thiophene rings is 1. The van der Waals surface area contributed by atoms with Gasteiger partial charge in [0.25, 0.3) is 5.91 Å². The molecule has 1 atom stereocenters. The van der Waals surface area contributed by atoms with Gasteiger partial charge in [0, 0.05) is 18.0 Å². The predicted molar refractivity (Wildman–Crippen MR) is 107 cm³/mol. The first-order valence-electron chi connectivity index (χ1n) is 9.28. The molecule has 3 aromatic rings. The van der Waals surface area contributed by atoms with Gasteiger partial charge in [-0.3, -0.25) is 9.59 Å². The van der Waals surface area contributed by atoms with Crippen molar-refractivity contribution >= 4 is 28.2 Å². The summed E-state index contributed by atoms with van der Waals surface area (Å²) in [6.45, 7) is 7.40. The molecule has 2 aromatic heterocycles. The molecular weight excluding hydrogens is 360 g/mol. The van der Waals surface area contributed by atoms with Crippen LogP contribution in [0.3, 0.4) is 0 Å². The van der Waals surface area contributed by atoms with E-state index in [9.17, 15) is 9.59 Å². The van der Waals surface area contributed by atoms with E-state index in [1.165, 1.54) is 0 Å². The number of hydrogen-bond acceptors (Lipinski definition) is 5. The average Bonchev–Trinajstić information content (AvgIpc) is 3.30. The maximum Gasteiger partial charge on any atom is 0.290 e. The zero-order valence-corrected chi connectivity index (χ0v) is 16.3. The zero-order chi connectivity index (χ0) is 19.0. The van der Waals surface area contributed by atoms with Crippen LogP contribution in [0.2, 0.25) is 0 Å². The Kier molecular flexibility index (Phi) is 4.85. The van der Waals surface area contributed by atoms with Gasteiger partial charge in [0.15, 0.2) is 5.43 Å². The van der Waals surface area contributed by atoms with Crippen LogP contribution in [0.25, 0.3) is 11.0 Å². The summed E-state index contributed by atoms with van der Waals surface area (Å²) < 4.78 is 5.92. The number of carbonyl (C=O) groups is 1. The molecule has 140 valence electrons. The van der Waals surface area contributed by atoms with Gasteiger partial charge in [0.2, 0.25) is 5.76 Å². The van der Waals surface area contributed by atoms with Crippen molar-refractivity contribution in [1.29, 1.82) is 0 Å². The summed E-state index contributed by atoms with van der Waals surface area (Å²) in [5, 5.41) is 2.50. The van der Waals surface area contributed by atoms with Crippen molar-refractivity contribution in [2.75, 3.05) is 26.2 Å². The summed E-state index contributed by atoms with van der Waals surface area (Å²) in [6, 6.07) is 10.7. The van der Waals surface area contributed by atoms with Gasteiger partial charge in [-0.15, -0.1) is 11.3 Å². The number of fused-ring (bicyclic) bond motifs is 2. The molecule has 0 saturated carbocycles. The number of nitrogens with zero attached hydrogens (tertiary/aromatic N) is 2. The summed E-state index contributed by atoms with van der Waals surface area (Å²) in [5.41, 5.74) is 0.828. The smallest absolute Gasteiger partial charge is 0.290 e. The van der Waals surface area contributed by atoms with Crippen LogP contribution in [0.1, 0.15) is 40.9 Å². The molecule has 27 heavy (non-hydrogen) atoms. The predicted octanol–water partition coefficient (Wildman–Crippen LogP) is 3.74. The summed E-state index contributed by atoms with van der Waals surface area (Å²) in [5.74, 6) is -0.00458. The second kappa shape index (κ2) is 7.29. The molecule has 1 aromatic carbocycles. The molecule has 1 amide bonds. The molecule has 0 spiro atoms. The van der Waals surface area contributed by atoms with Crippen molar-refractivity contribution in [2.45, 2.75) is 19.9 Å². The van der Waals surface area contributed by atoms with E-state index in [1.807, 2.05) is 29.6 Å². The Bertz CT molecular complexity index is 1020. The van der Waals surface area contributed by atoms with Crippen LogP contribution in [0.5, 0.6) is 0 Å². The van der Waals surface area contributed by atoms with E-state index in [2.05, 4.69) is 18.7 Å². The van der Waals surface area contributed by atoms with Gasteiger partial charge in [-0.25, -0.2) is 0 Å². The second-order valence-electron chi connectivity index (χ2n) is 6.61. The van der Waals surface area contributed by atoms with Crippen molar-refractivity contribution in [2.24, 2.45) is 0 Å². The van der Waals surface area contributed by atoms with Crippen LogP contribution < -0.4 is 5.43 Å². The van der Waals surface area contributed by atoms with E-state index in [0.29, 0.717) is 23.1 Å². The minimum Gasteiger partial charge on any atom is -0.450 e. The van der Waals surface area contributed by atoms with Gasteiger partial charge in [-0.1, -0.05) is 32.0 Å². The van der Waals surface area contributed by atoms with Crippen LogP contribution in [-0.4, -0.2) is 41.9 Å². The van der Waals surface area contributed by atoms with E-state index >= 15 is 0 Å². The summed E-state index contributed by atoms with van der Waals surface area (Å²) in [6.07, 6.45) is 0. The number of likely N-dealkylation sites (N-methyl/N-ethyl adjacent to an activating group) is 1. The monoisotopic (exact) mass is 382 g/mol. The van der Waals surface area contributed by atoms with Gasteiger partial charge in [-0.2, -0.15) is 0 Å². The molecule has 3 heterocycles. The zero-order valence-electron chi connectivity index (χ0n) is 15.5. The van der Waals surface area contributed by atoms with Crippen molar-refractivity contribution in [3.8, 4) is 0 Å². The minimum absolute atomic E-state index is 0.107. The number of carbonyl (C=O) groups excluding carboxylic acids is 1. The van der Waals surface area contributed by atoms with Crippen LogP contribution >= 0.6 is 11.3 Å². The fourth-order valence-corrected chi connectivity index (χ4v) is 4.57. The van der Waals surface area contributed by atoms with E-state index < -0.39 is 0 Å². The lowest BCUT2D eigenvalue weighted by atomic mass is 10.0. The highest BCUT2D eigenvalue weighted by atomic mass is 32.1. The largest absolute Gasteiger partial charge is 0.450 e. The third kappa shape index (κ3) is 2.99. The third-order valence-corrected chi connectivity index (χ3v) is 6.16. The van der Waals surface area contributed by atoms with Gasteiger partial charge in [-0.05, 0) is 36.7 Å². The van der Waals surface area contributed by atoms with Crippen LogP contribution in [-0.2, 0) is 0 Å². The Balaban J connectivity index is 1.83. The van der Waals surface area contributed by atoms with Gasteiger partial charge in [0.05, 0.1) is 17.0 Å². The molecule has 4 rings (SSSR count). The molecule has 0 fully saturated rings. The Morgan fingerprint density at radius 2 is 1.89 bits per heavy atom. The van der Waals surface area contributed by atoms with E-state index in [-0.39, 0.29) is 23.1 Å². The van der Waals surface area contributed by atoms with Gasteiger partial charge >= 0.3 is 0 Å². The van der Waals surface area contributed by atoms with Crippen molar-refractivity contribution in [3.05, 3.63) is 68.2 Å². The highest BCUT2D eigenvalue weighted by Crippen LogP contribution is 2.39. The summed E-state index contributed by atoms with van der Waals surface area (Å²) >= 11 is 1.56. The Morgan fingerprint density at radius 3 is 2.59 bits per heavy atom. The van der Waals surface area contributed by atoms with E-state index in [1.54, 1.807) is 28.4 Å². The first kappa shape index (κ1) is 17.9. The molecule has 5 nitrogen and oxygen atoms in total. The topological polar surface area (TPSA) is 53.8 Å². The molecule has 0 radical (unpaired) electrons. The van der Waals surface area contributed by atoms with E-state index in [4.69, 9.17) is 4.42 Å². The molecule has 1 aliphatic heterocycles. The van der Waals surface area contributed by atoms with Crippen molar-refractivity contribution < 1.29 is 9.21 Å². The standard InChI is InChI=1S/C21H22N2O3S/c1-3-22(4-2)11-12-23-18(16-10-7-13-27-16)17-19(24)14-8-5-6-9-15(14)26-20(17)21(23)25/h5-10,13,18H,3-4,11-12H2,1-2H3/t18-/m1/s1. The van der Waals surface area contributed by atoms with Gasteiger partial charge < -0.3 is 14.2 Å². The molecule has 0 unspecified atom stereocenters. The van der Waals surface area contributed by atoms with E-state index in [0.717, 1.165) is 24.5 Å². The number of rotatable bonds is 6. The molecular formula is C21H22N2O3S. The number of benzene rings is 1. The first-order chi connectivity index (χ1) is 13.2. The van der Waals surface area contributed by atoms with Crippen LogP contribution in [0.4, 0.5) is 0 Å². The van der Waals surface area contributed by atoms with Gasteiger partial charge in [0.1, 0.15) is 5.58 Å². The normalized spacial score (nSPS) is 16.5. The fraction of sp³-hybridized carbons (Fsp3) is 0.333. The molecule has 0 saturated heterocycles. The maximum absolute atomic E-state index is 13.2. The van der Waals surface area contributed by atoms with Crippen molar-refractivity contribution in [1.82, 2.24) is 9.80 Å². The van der Waals surface area contributed by atoms with Crippen LogP contribution in [0.15, 0.2) is 51.0 Å². The highest BCUT2D eigenvalue weighted by Gasteiger charge is 2.43. The van der Waals surface area contributed by atoms with Crippen LogP contribution in [0, 0.1) is 0 Å². The second-order valence-corrected chi connectivity index (χ2v) is 7.59. The summed E-state index contributed by atoms with van der Waals surface area (Å²) in [4.78, 5) is 31.4. The molecule has 1 aliphatic rings. The lowest BCUT2D eigenvalue weighted by Crippen LogP contribution is -2.37. The lowest BCUT2D eigenvalue weighted by molar-refractivity contribution is 0.0710. The van der Waals surface area contributed by atoms with Crippen molar-refractivity contribution in [3.63, 3.8) is 0 Å². The molecule has 0 N–H and O–H groups in total. The Hall–Kier alpha value is -2.44. The quantitative estimate of drug-likeness (QED) is 0.652. The molecule has 0 aliphatic carbocycles. The number of para-hydroxylation sites is 1. The number of hydrogen-bond donors (Lipinski definition) is 0. The highest BCUT2D eigenvalue weighted by molar-refractivity contribution is 7.10. The fourth-order valence-electron chi connectivity index (χ4n) is 3.73. The summed E-state index contributed by atoms with van der Waals surface area (Å²) in [7, 11) is 0. The maximum atomic E-state index is 13.2. The molecule has 6 heteroatoms. The Labute approximate surface area is 161 Å². The molecule has 0 bridgehead atoms. The third-order valence-electron chi connectivity index (χ3n) is 5.24. The number of amides is 1. The first-order valence-corrected chi connectivity index (χ1v) is 10.2. The lowest BCUT2D eigenvalue weighted by Gasteiger charge is -2.27. The minimum atomic E-state index is -0.371. The Morgan fingerprint density at radius 1 is 1.11 bits per heavy atom. The SMILES string of the molecule is CCN(CC)CCN1C(=O)c2oc3ccccc3c(=O)c2[C@H]1c1cccs1.